The second-order valence-corrected chi connectivity index (χ2v) is 9.51. The van der Waals surface area contributed by atoms with Gasteiger partial charge in [0.05, 0.1) is 17.1 Å². The highest BCUT2D eigenvalue weighted by Gasteiger charge is 2.21. The topological polar surface area (TPSA) is 97.2 Å². The molecular weight excluding hydrogens is 438 g/mol. The number of nitrogens with one attached hydrogen (secondary N) is 1. The Morgan fingerprint density at radius 1 is 0.970 bits per heavy atom. The van der Waals surface area contributed by atoms with Crippen molar-refractivity contribution in [3.63, 3.8) is 0 Å². The Kier molecular flexibility index (Phi) is 6.23. The van der Waals surface area contributed by atoms with Crippen LogP contribution in [0.2, 0.25) is 0 Å². The van der Waals surface area contributed by atoms with Crippen LogP contribution in [0.25, 0.3) is 0 Å². The van der Waals surface area contributed by atoms with Crippen LogP contribution in [0.4, 0.5) is 11.5 Å². The molecule has 0 aliphatic heterocycles. The summed E-state index contributed by atoms with van der Waals surface area (Å²) in [7, 11) is -2.21. The molecule has 0 unspecified atom stereocenters. The Hall–Kier alpha value is -3.98. The van der Waals surface area contributed by atoms with Crippen molar-refractivity contribution in [2.24, 2.45) is 0 Å². The molecule has 0 bridgehead atoms. The number of hydrogen-bond acceptors (Lipinski definition) is 5. The second kappa shape index (κ2) is 9.25. The standard InChI is InChI=1S/C24H23N5O3S/c1-18-3-9-22(10-4-18)33(31,32)28(2)21-7-5-20(6-8-21)24(30)26-23-13-16-29(27-23)17-19-11-14-25-15-12-19/h3-16H,17H2,1-2H3,(H,26,27,30). The van der Waals surface area contributed by atoms with Crippen molar-refractivity contribution in [3.8, 4) is 0 Å². The molecule has 168 valence electrons. The van der Waals surface area contributed by atoms with Crippen LogP contribution in [0.5, 0.6) is 0 Å². The highest BCUT2D eigenvalue weighted by molar-refractivity contribution is 7.92. The van der Waals surface area contributed by atoms with E-state index < -0.39 is 10.0 Å². The number of rotatable bonds is 7. The van der Waals surface area contributed by atoms with E-state index in [2.05, 4.69) is 15.4 Å². The third-order valence-electron chi connectivity index (χ3n) is 5.15. The summed E-state index contributed by atoms with van der Waals surface area (Å²) in [6.07, 6.45) is 5.22. The Morgan fingerprint density at radius 3 is 2.30 bits per heavy atom. The fourth-order valence-corrected chi connectivity index (χ4v) is 4.41. The van der Waals surface area contributed by atoms with Gasteiger partial charge in [-0.2, -0.15) is 5.10 Å². The van der Waals surface area contributed by atoms with Crippen molar-refractivity contribution < 1.29 is 13.2 Å². The van der Waals surface area contributed by atoms with E-state index in [4.69, 9.17) is 0 Å². The summed E-state index contributed by atoms with van der Waals surface area (Å²) in [6, 6.07) is 18.6. The zero-order chi connectivity index (χ0) is 23.4. The van der Waals surface area contributed by atoms with Gasteiger partial charge in [0.25, 0.3) is 15.9 Å². The van der Waals surface area contributed by atoms with Gasteiger partial charge in [-0.1, -0.05) is 17.7 Å². The van der Waals surface area contributed by atoms with Gasteiger partial charge in [0, 0.05) is 37.3 Å². The average molecular weight is 462 g/mol. The predicted octanol–water partition coefficient (Wildman–Crippen LogP) is 3.71. The van der Waals surface area contributed by atoms with Gasteiger partial charge in [0.1, 0.15) is 0 Å². The van der Waals surface area contributed by atoms with Crippen LogP contribution in [-0.4, -0.2) is 36.1 Å². The molecule has 0 aliphatic rings. The number of nitrogens with zero attached hydrogens (tertiary/aromatic N) is 4. The van der Waals surface area contributed by atoms with E-state index in [0.29, 0.717) is 23.6 Å². The van der Waals surface area contributed by atoms with Crippen LogP contribution in [0.1, 0.15) is 21.5 Å². The molecule has 1 N–H and O–H groups in total. The first kappa shape index (κ1) is 22.2. The monoisotopic (exact) mass is 461 g/mol. The van der Waals surface area contributed by atoms with Crippen LogP contribution >= 0.6 is 0 Å². The van der Waals surface area contributed by atoms with Crippen LogP contribution in [-0.2, 0) is 16.6 Å². The maximum atomic E-state index is 12.9. The summed E-state index contributed by atoms with van der Waals surface area (Å²) < 4.78 is 28.7. The molecular formula is C24H23N5O3S. The summed E-state index contributed by atoms with van der Waals surface area (Å²) in [4.78, 5) is 16.8. The number of anilines is 2. The van der Waals surface area contributed by atoms with Crippen molar-refractivity contribution in [2.75, 3.05) is 16.7 Å². The molecule has 1 amide bonds. The van der Waals surface area contributed by atoms with Gasteiger partial charge in [0.2, 0.25) is 0 Å². The van der Waals surface area contributed by atoms with E-state index in [-0.39, 0.29) is 10.8 Å². The molecule has 8 nitrogen and oxygen atoms in total. The molecule has 9 heteroatoms. The molecule has 4 rings (SSSR count). The maximum absolute atomic E-state index is 12.9. The molecule has 0 saturated carbocycles. The third kappa shape index (κ3) is 5.09. The first-order chi connectivity index (χ1) is 15.8. The lowest BCUT2D eigenvalue weighted by molar-refractivity contribution is 0.102. The number of carbonyl (C=O) groups excluding carboxylic acids is 1. The number of aryl methyl sites for hydroxylation is 1. The van der Waals surface area contributed by atoms with Crippen molar-refractivity contribution in [3.05, 3.63) is 102 Å². The minimum Gasteiger partial charge on any atom is -0.305 e. The van der Waals surface area contributed by atoms with Gasteiger partial charge in [-0.3, -0.25) is 18.8 Å². The summed E-state index contributed by atoms with van der Waals surface area (Å²) in [5.74, 6) is 0.0944. The number of pyridine rings is 1. The summed E-state index contributed by atoms with van der Waals surface area (Å²) in [6.45, 7) is 2.46. The molecule has 0 radical (unpaired) electrons. The minimum absolute atomic E-state index is 0.208. The zero-order valence-electron chi connectivity index (χ0n) is 18.2. The van der Waals surface area contributed by atoms with Gasteiger partial charge < -0.3 is 5.32 Å². The van der Waals surface area contributed by atoms with Crippen molar-refractivity contribution in [1.82, 2.24) is 14.8 Å². The Balaban J connectivity index is 1.42. The second-order valence-electron chi connectivity index (χ2n) is 7.54. The van der Waals surface area contributed by atoms with Crippen molar-refractivity contribution in [2.45, 2.75) is 18.4 Å². The molecule has 0 atom stereocenters. The van der Waals surface area contributed by atoms with Gasteiger partial charge in [-0.15, -0.1) is 0 Å². The van der Waals surface area contributed by atoms with E-state index in [1.807, 2.05) is 19.1 Å². The number of benzene rings is 2. The van der Waals surface area contributed by atoms with E-state index in [1.54, 1.807) is 77.9 Å². The van der Waals surface area contributed by atoms with Crippen LogP contribution in [0.3, 0.4) is 0 Å². The number of amides is 1. The third-order valence-corrected chi connectivity index (χ3v) is 6.95. The van der Waals surface area contributed by atoms with Crippen LogP contribution < -0.4 is 9.62 Å². The molecule has 4 aromatic rings. The number of aromatic nitrogens is 3. The lowest BCUT2D eigenvalue weighted by Crippen LogP contribution is -2.26. The molecule has 2 aromatic heterocycles. The van der Waals surface area contributed by atoms with Gasteiger partial charge in [0.15, 0.2) is 5.82 Å². The largest absolute Gasteiger partial charge is 0.305 e. The zero-order valence-corrected chi connectivity index (χ0v) is 19.0. The highest BCUT2D eigenvalue weighted by Crippen LogP contribution is 2.23. The quantitative estimate of drug-likeness (QED) is 0.453. The summed E-state index contributed by atoms with van der Waals surface area (Å²) in [5, 5.41) is 7.12. The fourth-order valence-electron chi connectivity index (χ4n) is 3.21. The predicted molar refractivity (Wildman–Crippen MR) is 127 cm³/mol. The highest BCUT2D eigenvalue weighted by atomic mass is 32.2. The summed E-state index contributed by atoms with van der Waals surface area (Å²) in [5.41, 5.74) is 2.87. The molecule has 0 fully saturated rings. The van der Waals surface area contributed by atoms with E-state index in [1.165, 1.54) is 11.4 Å². The number of carbonyl (C=O) groups is 1. The van der Waals surface area contributed by atoms with Gasteiger partial charge in [-0.05, 0) is 61.0 Å². The molecule has 33 heavy (non-hydrogen) atoms. The average Bonchev–Trinajstić information content (AvgIpc) is 3.26. The first-order valence-corrected chi connectivity index (χ1v) is 11.7. The van der Waals surface area contributed by atoms with Gasteiger partial charge >= 0.3 is 0 Å². The number of sulfonamides is 1. The molecule has 0 saturated heterocycles. The lowest BCUT2D eigenvalue weighted by atomic mass is 10.2. The molecule has 2 aromatic carbocycles. The first-order valence-electron chi connectivity index (χ1n) is 10.2. The Morgan fingerprint density at radius 2 is 1.64 bits per heavy atom. The van der Waals surface area contributed by atoms with Crippen molar-refractivity contribution in [1.29, 1.82) is 0 Å². The van der Waals surface area contributed by atoms with E-state index >= 15 is 0 Å². The maximum Gasteiger partial charge on any atom is 0.264 e. The van der Waals surface area contributed by atoms with Crippen molar-refractivity contribution >= 4 is 27.4 Å². The molecule has 2 heterocycles. The van der Waals surface area contributed by atoms with Gasteiger partial charge in [-0.25, -0.2) is 8.42 Å². The fraction of sp³-hybridized carbons (Fsp3) is 0.125. The smallest absolute Gasteiger partial charge is 0.264 e. The minimum atomic E-state index is -3.70. The van der Waals surface area contributed by atoms with Crippen LogP contribution in [0.15, 0.2) is 90.2 Å². The van der Waals surface area contributed by atoms with Crippen LogP contribution in [0, 0.1) is 6.92 Å². The SMILES string of the molecule is Cc1ccc(S(=O)(=O)N(C)c2ccc(C(=O)Nc3ccn(Cc4ccncc4)n3)cc2)cc1. The normalized spacial score (nSPS) is 11.2. The Labute approximate surface area is 192 Å². The van der Waals surface area contributed by atoms with E-state index in [9.17, 15) is 13.2 Å². The summed E-state index contributed by atoms with van der Waals surface area (Å²) >= 11 is 0. The molecule has 0 spiro atoms. The number of hydrogen-bond donors (Lipinski definition) is 1. The lowest BCUT2D eigenvalue weighted by Gasteiger charge is -2.20. The molecule has 0 aliphatic carbocycles. The Bertz CT molecular complexity index is 1350. The van der Waals surface area contributed by atoms with E-state index in [0.717, 1.165) is 11.1 Å².